The summed E-state index contributed by atoms with van der Waals surface area (Å²) < 4.78 is 44.2. The van der Waals surface area contributed by atoms with Crippen LogP contribution in [0.2, 0.25) is 0 Å². The molecule has 3 nitrogen and oxygen atoms in total. The predicted molar refractivity (Wildman–Crippen MR) is 63.6 cm³/mol. The molecular weight excluding hydrogens is 257 g/mol. The van der Waals surface area contributed by atoms with Gasteiger partial charge in [-0.25, -0.2) is 8.78 Å². The first-order valence-electron chi connectivity index (χ1n) is 5.40. The Morgan fingerprint density at radius 1 is 0.947 bits per heavy atom. The van der Waals surface area contributed by atoms with Crippen LogP contribution in [0.5, 0.6) is 0 Å². The van der Waals surface area contributed by atoms with E-state index in [0.717, 1.165) is 6.07 Å². The number of oxazole rings is 1. The van der Waals surface area contributed by atoms with Gasteiger partial charge in [-0.15, -0.1) is 0 Å². The molecule has 0 aliphatic heterocycles. The summed E-state index contributed by atoms with van der Waals surface area (Å²) in [7, 11) is 0. The van der Waals surface area contributed by atoms with Crippen LogP contribution in [-0.2, 0) is 0 Å². The van der Waals surface area contributed by atoms with Crippen LogP contribution < -0.4 is 5.32 Å². The van der Waals surface area contributed by atoms with E-state index >= 15 is 0 Å². The molecule has 3 rings (SSSR count). The van der Waals surface area contributed by atoms with Gasteiger partial charge >= 0.3 is 0 Å². The Morgan fingerprint density at radius 3 is 2.42 bits per heavy atom. The molecule has 0 spiro atoms. The third-order valence-corrected chi connectivity index (χ3v) is 2.55. The molecule has 3 aromatic rings. The zero-order chi connectivity index (χ0) is 13.4. The van der Waals surface area contributed by atoms with Gasteiger partial charge < -0.3 is 9.73 Å². The van der Waals surface area contributed by atoms with Crippen LogP contribution in [0.1, 0.15) is 0 Å². The maximum Gasteiger partial charge on any atom is 0.300 e. The van der Waals surface area contributed by atoms with Gasteiger partial charge in [-0.2, -0.15) is 9.37 Å². The van der Waals surface area contributed by atoms with E-state index in [9.17, 15) is 13.2 Å². The highest BCUT2D eigenvalue weighted by atomic mass is 19.2. The Bertz CT molecular complexity index is 737. The summed E-state index contributed by atoms with van der Waals surface area (Å²) in [6.45, 7) is 0. The second kappa shape index (κ2) is 4.31. The fourth-order valence-electron chi connectivity index (χ4n) is 1.65. The lowest BCUT2D eigenvalue weighted by Crippen LogP contribution is -1.89. The van der Waals surface area contributed by atoms with Crippen LogP contribution in [0.3, 0.4) is 0 Å². The van der Waals surface area contributed by atoms with E-state index in [2.05, 4.69) is 10.3 Å². The van der Waals surface area contributed by atoms with Crippen molar-refractivity contribution in [2.45, 2.75) is 0 Å². The molecule has 1 aromatic heterocycles. The third-order valence-electron chi connectivity index (χ3n) is 2.55. The number of halogens is 3. The fourth-order valence-corrected chi connectivity index (χ4v) is 1.65. The molecule has 2 aromatic carbocycles. The van der Waals surface area contributed by atoms with Gasteiger partial charge in [-0.1, -0.05) is 0 Å². The second-order valence-corrected chi connectivity index (χ2v) is 3.86. The number of hydrogen-bond acceptors (Lipinski definition) is 3. The lowest BCUT2D eigenvalue weighted by molar-refractivity contribution is 0.494. The minimum atomic E-state index is -1.09. The molecule has 96 valence electrons. The fraction of sp³-hybridized carbons (Fsp3) is 0. The number of rotatable bonds is 2. The monoisotopic (exact) mass is 264 g/mol. The normalized spacial score (nSPS) is 10.9. The summed E-state index contributed by atoms with van der Waals surface area (Å²) in [6, 6.07) is 7.75. The minimum Gasteiger partial charge on any atom is -0.420 e. The van der Waals surface area contributed by atoms with Crippen molar-refractivity contribution in [3.63, 3.8) is 0 Å². The molecule has 0 unspecified atom stereocenters. The summed E-state index contributed by atoms with van der Waals surface area (Å²) in [5.74, 6) is -2.47. The SMILES string of the molecule is Fc1ccc(Nc2nc3ccc(F)c(F)c3o2)cc1. The van der Waals surface area contributed by atoms with Crippen LogP contribution in [0.25, 0.3) is 11.1 Å². The highest BCUT2D eigenvalue weighted by Crippen LogP contribution is 2.25. The summed E-state index contributed by atoms with van der Waals surface area (Å²) in [6.07, 6.45) is 0. The smallest absolute Gasteiger partial charge is 0.300 e. The molecule has 0 amide bonds. The molecule has 0 atom stereocenters. The van der Waals surface area contributed by atoms with Gasteiger partial charge in [0.05, 0.1) is 0 Å². The first-order valence-corrected chi connectivity index (χ1v) is 5.40. The molecule has 0 saturated carbocycles. The molecule has 0 aliphatic carbocycles. The lowest BCUT2D eigenvalue weighted by Gasteiger charge is -1.99. The molecule has 1 N–H and O–H groups in total. The largest absolute Gasteiger partial charge is 0.420 e. The lowest BCUT2D eigenvalue weighted by atomic mass is 10.3. The predicted octanol–water partition coefficient (Wildman–Crippen LogP) is 3.99. The van der Waals surface area contributed by atoms with Crippen LogP contribution in [-0.4, -0.2) is 4.98 Å². The molecule has 0 fully saturated rings. The number of aromatic nitrogens is 1. The zero-order valence-corrected chi connectivity index (χ0v) is 9.45. The second-order valence-electron chi connectivity index (χ2n) is 3.86. The summed E-state index contributed by atoms with van der Waals surface area (Å²) >= 11 is 0. The first-order chi connectivity index (χ1) is 9.13. The van der Waals surface area contributed by atoms with E-state index in [4.69, 9.17) is 4.42 Å². The van der Waals surface area contributed by atoms with Crippen molar-refractivity contribution in [2.75, 3.05) is 5.32 Å². The van der Waals surface area contributed by atoms with Gasteiger partial charge in [0.15, 0.2) is 11.4 Å². The van der Waals surface area contributed by atoms with E-state index in [1.807, 2.05) is 0 Å². The molecular formula is C13H7F3N2O. The van der Waals surface area contributed by atoms with Gasteiger partial charge in [0.1, 0.15) is 11.3 Å². The Labute approximate surface area is 105 Å². The average Bonchev–Trinajstić information content (AvgIpc) is 2.80. The Balaban J connectivity index is 1.97. The van der Waals surface area contributed by atoms with Crippen LogP contribution >= 0.6 is 0 Å². The number of hydrogen-bond donors (Lipinski definition) is 1. The maximum absolute atomic E-state index is 13.4. The summed E-state index contributed by atoms with van der Waals surface area (Å²) in [4.78, 5) is 3.95. The van der Waals surface area contributed by atoms with Crippen LogP contribution in [0.4, 0.5) is 24.9 Å². The van der Waals surface area contributed by atoms with Gasteiger partial charge in [-0.05, 0) is 36.4 Å². The topological polar surface area (TPSA) is 38.1 Å². The third kappa shape index (κ3) is 2.12. The standard InChI is InChI=1S/C13H7F3N2O/c14-7-1-3-8(4-2-7)17-13-18-10-6-5-9(15)11(16)12(10)19-13/h1-6H,(H,17,18). The molecule has 0 saturated heterocycles. The van der Waals surface area contributed by atoms with E-state index in [-0.39, 0.29) is 22.9 Å². The Kier molecular flexibility index (Phi) is 2.63. The summed E-state index contributed by atoms with van der Waals surface area (Å²) in [5, 5.41) is 2.73. The minimum absolute atomic E-state index is 0.00566. The van der Waals surface area contributed by atoms with Crippen LogP contribution in [0.15, 0.2) is 40.8 Å². The van der Waals surface area contributed by atoms with E-state index in [1.165, 1.54) is 30.3 Å². The number of nitrogens with zero attached hydrogens (tertiary/aromatic N) is 1. The molecule has 19 heavy (non-hydrogen) atoms. The highest BCUT2D eigenvalue weighted by Gasteiger charge is 2.14. The van der Waals surface area contributed by atoms with Crippen molar-refractivity contribution < 1.29 is 17.6 Å². The molecule has 6 heteroatoms. The van der Waals surface area contributed by atoms with Crippen molar-refractivity contribution in [2.24, 2.45) is 0 Å². The summed E-state index contributed by atoms with van der Waals surface area (Å²) in [5.41, 5.74) is 0.460. The number of anilines is 2. The molecule has 1 heterocycles. The molecule has 0 aliphatic rings. The van der Waals surface area contributed by atoms with Gasteiger partial charge in [0.2, 0.25) is 5.82 Å². The van der Waals surface area contributed by atoms with Crippen molar-refractivity contribution >= 4 is 22.8 Å². The van der Waals surface area contributed by atoms with Crippen molar-refractivity contribution in [1.82, 2.24) is 4.98 Å². The van der Waals surface area contributed by atoms with E-state index < -0.39 is 11.6 Å². The maximum atomic E-state index is 13.4. The van der Waals surface area contributed by atoms with E-state index in [1.54, 1.807) is 0 Å². The number of fused-ring (bicyclic) bond motifs is 1. The average molecular weight is 264 g/mol. The highest BCUT2D eigenvalue weighted by molar-refractivity contribution is 5.76. The Morgan fingerprint density at radius 2 is 1.68 bits per heavy atom. The quantitative estimate of drug-likeness (QED) is 0.760. The van der Waals surface area contributed by atoms with Gasteiger partial charge in [0.25, 0.3) is 6.01 Å². The van der Waals surface area contributed by atoms with Crippen molar-refractivity contribution in [3.05, 3.63) is 53.8 Å². The van der Waals surface area contributed by atoms with E-state index in [0.29, 0.717) is 5.69 Å². The van der Waals surface area contributed by atoms with Crippen LogP contribution in [0, 0.1) is 17.5 Å². The zero-order valence-electron chi connectivity index (χ0n) is 9.45. The molecule has 0 bridgehead atoms. The van der Waals surface area contributed by atoms with Crippen molar-refractivity contribution in [3.8, 4) is 0 Å². The molecule has 0 radical (unpaired) electrons. The number of nitrogens with one attached hydrogen (secondary N) is 1. The first kappa shape index (κ1) is 11.6. The Hall–Kier alpha value is -2.50. The van der Waals surface area contributed by atoms with Gasteiger partial charge in [-0.3, -0.25) is 0 Å². The van der Waals surface area contributed by atoms with Crippen molar-refractivity contribution in [1.29, 1.82) is 0 Å². The van der Waals surface area contributed by atoms with Gasteiger partial charge in [0, 0.05) is 5.69 Å². The number of benzene rings is 2.